The van der Waals surface area contributed by atoms with Crippen LogP contribution in [0.2, 0.25) is 0 Å². The lowest BCUT2D eigenvalue weighted by Crippen LogP contribution is -2.31. The standard InChI is InChI=1S/C21H19N3O5.2C2H6/c1-11-7-17-18-14(8-13-5-3-4-6-16(13)23-18)9-24(17)19(25)15(11)10-28-21(27)29-20(26)12(2)22;2*1-2/h3-8,12H,9-10,22H2,1-2H3;2*1-2H3. The average Bonchev–Trinajstić information content (AvgIpc) is 3.17. The van der Waals surface area contributed by atoms with E-state index in [-0.39, 0.29) is 12.2 Å². The number of hydrogen-bond donors (Lipinski definition) is 1. The van der Waals surface area contributed by atoms with Gasteiger partial charge >= 0.3 is 12.1 Å². The molecule has 0 saturated carbocycles. The van der Waals surface area contributed by atoms with Crippen LogP contribution in [0.25, 0.3) is 22.3 Å². The van der Waals surface area contributed by atoms with Crippen LogP contribution in [0.1, 0.15) is 51.3 Å². The summed E-state index contributed by atoms with van der Waals surface area (Å²) in [5, 5.41) is 1.01. The zero-order valence-corrected chi connectivity index (χ0v) is 20.0. The van der Waals surface area contributed by atoms with E-state index < -0.39 is 18.2 Å². The molecule has 0 spiro atoms. The number of benzene rings is 1. The Hall–Kier alpha value is -3.52. The molecule has 33 heavy (non-hydrogen) atoms. The number of aryl methyl sites for hydroxylation is 1. The van der Waals surface area contributed by atoms with Gasteiger partial charge in [-0.15, -0.1) is 0 Å². The van der Waals surface area contributed by atoms with Gasteiger partial charge in [0.05, 0.1) is 29.0 Å². The molecule has 8 nitrogen and oxygen atoms in total. The van der Waals surface area contributed by atoms with Gasteiger partial charge in [-0.1, -0.05) is 45.9 Å². The monoisotopic (exact) mass is 453 g/mol. The molecule has 4 rings (SSSR count). The Kier molecular flexibility index (Phi) is 8.87. The van der Waals surface area contributed by atoms with Gasteiger partial charge < -0.3 is 19.8 Å². The number of carbonyl (C=O) groups excluding carboxylic acids is 2. The zero-order chi connectivity index (χ0) is 24.7. The second-order valence-electron chi connectivity index (χ2n) is 7.02. The lowest BCUT2D eigenvalue weighted by atomic mass is 10.1. The number of pyridine rings is 2. The molecular weight excluding hydrogens is 422 g/mol. The summed E-state index contributed by atoms with van der Waals surface area (Å²) in [5.74, 6) is -0.897. The van der Waals surface area contributed by atoms with Gasteiger partial charge in [-0.3, -0.25) is 4.79 Å². The van der Waals surface area contributed by atoms with Crippen molar-refractivity contribution in [2.45, 2.75) is 60.7 Å². The van der Waals surface area contributed by atoms with E-state index in [4.69, 9.17) is 15.5 Å². The molecule has 1 unspecified atom stereocenters. The SMILES string of the molecule is CC.CC.Cc1cc2n(c(=O)c1COC(=O)OC(=O)C(C)N)Cc1cc3ccccc3nc1-2. The van der Waals surface area contributed by atoms with Gasteiger partial charge in [-0.25, -0.2) is 14.6 Å². The third-order valence-corrected chi connectivity index (χ3v) is 4.89. The quantitative estimate of drug-likeness (QED) is 0.363. The fraction of sp³-hybridized carbons (Fsp3) is 0.360. The van der Waals surface area contributed by atoms with Crippen LogP contribution in [0.3, 0.4) is 0 Å². The highest BCUT2D eigenvalue weighted by atomic mass is 16.7. The van der Waals surface area contributed by atoms with Crippen LogP contribution in [0, 0.1) is 6.92 Å². The van der Waals surface area contributed by atoms with Crippen molar-refractivity contribution < 1.29 is 19.1 Å². The predicted octanol–water partition coefficient (Wildman–Crippen LogP) is 4.31. The van der Waals surface area contributed by atoms with E-state index in [1.165, 1.54) is 6.92 Å². The predicted molar refractivity (Wildman–Crippen MR) is 128 cm³/mol. The van der Waals surface area contributed by atoms with Gasteiger partial charge in [0, 0.05) is 10.9 Å². The minimum atomic E-state index is -1.19. The van der Waals surface area contributed by atoms with Crippen molar-refractivity contribution in [3.8, 4) is 11.4 Å². The molecule has 0 bridgehead atoms. The van der Waals surface area contributed by atoms with Crippen LogP contribution >= 0.6 is 0 Å². The third kappa shape index (κ3) is 5.46. The Labute approximate surface area is 193 Å². The number of aromatic nitrogens is 2. The first-order chi connectivity index (χ1) is 15.8. The van der Waals surface area contributed by atoms with Crippen molar-refractivity contribution in [3.63, 3.8) is 0 Å². The Bertz CT molecular complexity index is 1210. The maximum atomic E-state index is 13.0. The summed E-state index contributed by atoms with van der Waals surface area (Å²) in [7, 11) is 0. The third-order valence-electron chi connectivity index (χ3n) is 4.89. The zero-order valence-electron chi connectivity index (χ0n) is 20.0. The van der Waals surface area contributed by atoms with E-state index in [0.29, 0.717) is 17.7 Å². The fourth-order valence-electron chi connectivity index (χ4n) is 3.35. The maximum Gasteiger partial charge on any atom is 0.516 e. The maximum absolute atomic E-state index is 13.0. The second-order valence-corrected chi connectivity index (χ2v) is 7.02. The van der Waals surface area contributed by atoms with Crippen LogP contribution in [0.15, 0.2) is 41.2 Å². The van der Waals surface area contributed by atoms with Crippen LogP contribution in [0.4, 0.5) is 4.79 Å². The number of fused-ring (bicyclic) bond motifs is 4. The number of nitrogens with zero attached hydrogens (tertiary/aromatic N) is 2. The molecule has 1 aliphatic heterocycles. The van der Waals surface area contributed by atoms with Crippen molar-refractivity contribution in [3.05, 3.63) is 63.4 Å². The molecule has 0 amide bonds. The number of carbonyl (C=O) groups is 2. The lowest BCUT2D eigenvalue weighted by molar-refractivity contribution is -0.141. The molecule has 1 aromatic carbocycles. The molecule has 1 atom stereocenters. The van der Waals surface area contributed by atoms with E-state index in [2.05, 4.69) is 4.74 Å². The highest BCUT2D eigenvalue weighted by molar-refractivity contribution is 5.85. The largest absolute Gasteiger partial charge is 0.516 e. The summed E-state index contributed by atoms with van der Waals surface area (Å²) < 4.78 is 11.0. The number of esters is 1. The van der Waals surface area contributed by atoms with Crippen molar-refractivity contribution in [2.75, 3.05) is 0 Å². The number of hydrogen-bond acceptors (Lipinski definition) is 7. The Morgan fingerprint density at radius 3 is 2.48 bits per heavy atom. The first kappa shape index (κ1) is 25.7. The second kappa shape index (κ2) is 11.4. The van der Waals surface area contributed by atoms with Crippen molar-refractivity contribution >= 4 is 23.0 Å². The smallest absolute Gasteiger partial charge is 0.429 e. The average molecular weight is 454 g/mol. The Morgan fingerprint density at radius 2 is 1.82 bits per heavy atom. The summed E-state index contributed by atoms with van der Waals surface area (Å²) in [6, 6.07) is 10.7. The molecular formula is C25H31N3O5. The first-order valence-corrected chi connectivity index (χ1v) is 11.1. The summed E-state index contributed by atoms with van der Waals surface area (Å²) in [5.41, 5.74) is 9.37. The molecule has 1 aliphatic rings. The number of ether oxygens (including phenoxy) is 2. The van der Waals surface area contributed by atoms with Crippen LogP contribution in [0.5, 0.6) is 0 Å². The van der Waals surface area contributed by atoms with Crippen LogP contribution < -0.4 is 11.3 Å². The molecule has 0 aliphatic carbocycles. The van der Waals surface area contributed by atoms with E-state index >= 15 is 0 Å². The first-order valence-electron chi connectivity index (χ1n) is 11.1. The van der Waals surface area contributed by atoms with E-state index in [9.17, 15) is 14.4 Å². The number of rotatable bonds is 3. The van der Waals surface area contributed by atoms with Crippen molar-refractivity contribution in [2.24, 2.45) is 5.73 Å². The highest BCUT2D eigenvalue weighted by Gasteiger charge is 2.25. The number of para-hydroxylation sites is 1. The summed E-state index contributed by atoms with van der Waals surface area (Å²) in [4.78, 5) is 40.7. The molecule has 3 heterocycles. The van der Waals surface area contributed by atoms with Gasteiger partial charge in [0.2, 0.25) is 0 Å². The molecule has 0 saturated heterocycles. The number of nitrogens with two attached hydrogens (primary N) is 1. The molecule has 0 fully saturated rings. The van der Waals surface area contributed by atoms with Gasteiger partial charge in [0.1, 0.15) is 12.6 Å². The molecule has 3 aromatic rings. The highest BCUT2D eigenvalue weighted by Crippen LogP contribution is 2.32. The summed E-state index contributed by atoms with van der Waals surface area (Å²) >= 11 is 0. The minimum Gasteiger partial charge on any atom is -0.429 e. The minimum absolute atomic E-state index is 0.270. The summed E-state index contributed by atoms with van der Waals surface area (Å²) in [6.07, 6.45) is -1.19. The molecule has 176 valence electrons. The Balaban J connectivity index is 0.000000914. The van der Waals surface area contributed by atoms with Gasteiger partial charge in [0.15, 0.2) is 0 Å². The molecule has 0 radical (unpaired) electrons. The van der Waals surface area contributed by atoms with Gasteiger partial charge in [-0.05, 0) is 37.6 Å². The Morgan fingerprint density at radius 1 is 1.15 bits per heavy atom. The van der Waals surface area contributed by atoms with Crippen LogP contribution in [-0.4, -0.2) is 27.7 Å². The summed E-state index contributed by atoms with van der Waals surface area (Å²) in [6.45, 7) is 11.2. The van der Waals surface area contributed by atoms with Crippen LogP contribution in [-0.2, 0) is 27.4 Å². The van der Waals surface area contributed by atoms with E-state index in [1.807, 2.05) is 64.1 Å². The topological polar surface area (TPSA) is 114 Å². The van der Waals surface area contributed by atoms with E-state index in [0.717, 1.165) is 27.9 Å². The fourth-order valence-corrected chi connectivity index (χ4v) is 3.35. The van der Waals surface area contributed by atoms with E-state index in [1.54, 1.807) is 11.5 Å². The molecule has 2 aromatic heterocycles. The normalized spacial score (nSPS) is 11.7. The molecule has 2 N–H and O–H groups in total. The molecule has 8 heteroatoms. The van der Waals surface area contributed by atoms with Gasteiger partial charge in [-0.2, -0.15) is 0 Å². The van der Waals surface area contributed by atoms with Crippen molar-refractivity contribution in [1.29, 1.82) is 0 Å². The lowest BCUT2D eigenvalue weighted by Gasteiger charge is -2.11. The van der Waals surface area contributed by atoms with Crippen molar-refractivity contribution in [1.82, 2.24) is 9.55 Å². The van der Waals surface area contributed by atoms with Gasteiger partial charge in [0.25, 0.3) is 5.56 Å².